The normalized spacial score (nSPS) is 11.9. The number of hydrogen-bond donors (Lipinski definition) is 0. The minimum atomic E-state index is -0.604. The summed E-state index contributed by atoms with van der Waals surface area (Å²) in [6.07, 6.45) is 1.39. The molecule has 3 aromatic rings. The molecule has 158 valence electrons. The molecule has 0 aliphatic rings. The molecule has 30 heavy (non-hydrogen) atoms. The molecule has 10 nitrogen and oxygen atoms in total. The van der Waals surface area contributed by atoms with E-state index in [4.69, 9.17) is 18.6 Å². The molecule has 0 radical (unpaired) electrons. The maximum Gasteiger partial charge on any atom is 0.433 e. The average Bonchev–Trinajstić information content (AvgIpc) is 3.39. The van der Waals surface area contributed by atoms with Crippen LogP contribution in [0.4, 0.5) is 5.88 Å². The van der Waals surface area contributed by atoms with Crippen molar-refractivity contribution in [3.05, 3.63) is 56.4 Å². The summed E-state index contributed by atoms with van der Waals surface area (Å²) < 4.78 is 22.7. The molecule has 2 aromatic heterocycles. The highest BCUT2D eigenvalue weighted by Gasteiger charge is 2.15. The topological polar surface area (TPSA) is 114 Å². The van der Waals surface area contributed by atoms with Crippen molar-refractivity contribution in [2.45, 2.75) is 0 Å². The molecule has 0 bridgehead atoms. The molecule has 0 atom stereocenters. The van der Waals surface area contributed by atoms with E-state index in [1.54, 1.807) is 38.1 Å². The summed E-state index contributed by atoms with van der Waals surface area (Å²) in [5, 5.41) is 17.2. The molecular formula is C19H20N4O6S. The van der Waals surface area contributed by atoms with Crippen molar-refractivity contribution in [2.24, 2.45) is 10.1 Å². The maximum atomic E-state index is 10.8. The Morgan fingerprint density at radius 2 is 2.07 bits per heavy atom. The van der Waals surface area contributed by atoms with Crippen LogP contribution < -0.4 is 14.3 Å². The minimum Gasteiger partial charge on any atom is -0.497 e. The Balaban J connectivity index is 2.09. The quantitative estimate of drug-likeness (QED) is 0.222. The van der Waals surface area contributed by atoms with Gasteiger partial charge in [0.05, 0.1) is 45.3 Å². The lowest BCUT2D eigenvalue weighted by molar-refractivity contribution is -0.402. The number of rotatable bonds is 9. The van der Waals surface area contributed by atoms with Gasteiger partial charge in [0.2, 0.25) is 4.80 Å². The summed E-state index contributed by atoms with van der Waals surface area (Å²) in [5.74, 6) is 1.18. The summed E-state index contributed by atoms with van der Waals surface area (Å²) >= 11 is 1.39. The first-order chi connectivity index (χ1) is 14.6. The number of nitrogens with zero attached hydrogens (tertiary/aromatic N) is 4. The second-order valence-corrected chi connectivity index (χ2v) is 6.67. The van der Waals surface area contributed by atoms with Crippen LogP contribution in [0.25, 0.3) is 11.3 Å². The first-order valence-electron chi connectivity index (χ1n) is 8.78. The second kappa shape index (κ2) is 9.85. The summed E-state index contributed by atoms with van der Waals surface area (Å²) in [6, 6.07) is 8.19. The Hall–Kier alpha value is -3.44. The van der Waals surface area contributed by atoms with Gasteiger partial charge in [0.1, 0.15) is 16.4 Å². The van der Waals surface area contributed by atoms with E-state index in [1.807, 2.05) is 11.4 Å². The van der Waals surface area contributed by atoms with E-state index in [2.05, 4.69) is 10.1 Å². The molecular weight excluding hydrogens is 412 g/mol. The smallest absolute Gasteiger partial charge is 0.433 e. The highest BCUT2D eigenvalue weighted by atomic mass is 32.1. The first kappa shape index (κ1) is 21.3. The van der Waals surface area contributed by atoms with Gasteiger partial charge in [-0.2, -0.15) is 5.10 Å². The van der Waals surface area contributed by atoms with Crippen molar-refractivity contribution in [2.75, 3.05) is 34.5 Å². The fraction of sp³-hybridized carbons (Fsp3) is 0.263. The Labute approximate surface area is 175 Å². The van der Waals surface area contributed by atoms with Crippen molar-refractivity contribution in [3.63, 3.8) is 0 Å². The number of nitro groups is 1. The van der Waals surface area contributed by atoms with Gasteiger partial charge >= 0.3 is 5.88 Å². The Morgan fingerprint density at radius 1 is 1.23 bits per heavy atom. The Kier molecular flexibility index (Phi) is 6.99. The molecule has 11 heteroatoms. The van der Waals surface area contributed by atoms with Gasteiger partial charge in [-0.1, -0.05) is 0 Å². The van der Waals surface area contributed by atoms with Crippen LogP contribution in [-0.4, -0.2) is 50.3 Å². The van der Waals surface area contributed by atoms with Crippen molar-refractivity contribution in [3.8, 4) is 22.8 Å². The predicted octanol–water partition coefficient (Wildman–Crippen LogP) is 3.16. The maximum absolute atomic E-state index is 10.8. The number of furan rings is 1. The summed E-state index contributed by atoms with van der Waals surface area (Å²) in [5.41, 5.74) is 1.47. The van der Waals surface area contributed by atoms with Crippen molar-refractivity contribution in [1.29, 1.82) is 0 Å². The molecule has 0 fully saturated rings. The number of thiazole rings is 1. The van der Waals surface area contributed by atoms with Crippen LogP contribution in [0.3, 0.4) is 0 Å². The second-order valence-electron chi connectivity index (χ2n) is 5.83. The zero-order valence-corrected chi connectivity index (χ0v) is 17.4. The Morgan fingerprint density at radius 3 is 2.73 bits per heavy atom. The largest absolute Gasteiger partial charge is 0.497 e. The van der Waals surface area contributed by atoms with Crippen molar-refractivity contribution >= 4 is 23.4 Å². The van der Waals surface area contributed by atoms with Crippen LogP contribution in [-0.2, 0) is 4.74 Å². The molecule has 0 amide bonds. The van der Waals surface area contributed by atoms with Crippen molar-refractivity contribution < 1.29 is 23.6 Å². The number of methoxy groups -OCH3 is 3. The third-order valence-corrected chi connectivity index (χ3v) is 4.86. The Bertz CT molecular complexity index is 1110. The molecule has 3 rings (SSSR count). The monoisotopic (exact) mass is 432 g/mol. The fourth-order valence-corrected chi connectivity index (χ4v) is 3.43. The van der Waals surface area contributed by atoms with Gasteiger partial charge in [0, 0.05) is 18.1 Å². The summed E-state index contributed by atoms with van der Waals surface area (Å²) in [4.78, 5) is 15.4. The van der Waals surface area contributed by atoms with Gasteiger partial charge < -0.3 is 18.6 Å². The van der Waals surface area contributed by atoms with E-state index in [0.717, 1.165) is 5.56 Å². The zero-order chi connectivity index (χ0) is 21.5. The molecule has 0 unspecified atom stereocenters. The number of benzene rings is 1. The van der Waals surface area contributed by atoms with Crippen LogP contribution in [0.15, 0.2) is 50.2 Å². The van der Waals surface area contributed by atoms with E-state index >= 15 is 0 Å². The SMILES string of the molecule is COCCN=c1scc(-c2cc(OC)ccc2OC)n1/N=C\c1ccc([N+](=O)[O-])o1. The van der Waals surface area contributed by atoms with Gasteiger partial charge in [0.25, 0.3) is 0 Å². The van der Waals surface area contributed by atoms with Gasteiger partial charge in [0.15, 0.2) is 5.76 Å². The molecule has 1 aromatic carbocycles. The summed E-state index contributed by atoms with van der Waals surface area (Å²) in [7, 11) is 4.77. The first-order valence-corrected chi connectivity index (χ1v) is 9.66. The van der Waals surface area contributed by atoms with E-state index in [1.165, 1.54) is 29.7 Å². The molecule has 0 saturated carbocycles. The highest BCUT2D eigenvalue weighted by molar-refractivity contribution is 7.07. The molecule has 0 aliphatic carbocycles. The standard InChI is InChI=1S/C19H20N4O6S/c1-26-9-8-20-19-22(21-11-14-5-7-18(29-14)23(24)25)16(12-30-19)15-10-13(27-2)4-6-17(15)28-3/h4-7,10-12H,8-9H2,1-3H3/b20-19?,21-11-. The van der Waals surface area contributed by atoms with Crippen LogP contribution in [0.5, 0.6) is 11.5 Å². The van der Waals surface area contributed by atoms with Gasteiger partial charge in [-0.05, 0) is 24.3 Å². The van der Waals surface area contributed by atoms with E-state index in [9.17, 15) is 10.1 Å². The third-order valence-electron chi connectivity index (χ3n) is 4.00. The number of aromatic nitrogens is 1. The lowest BCUT2D eigenvalue weighted by Crippen LogP contribution is -2.14. The molecule has 0 aliphatic heterocycles. The van der Waals surface area contributed by atoms with Gasteiger partial charge in [-0.25, -0.2) is 4.68 Å². The van der Waals surface area contributed by atoms with E-state index < -0.39 is 4.92 Å². The van der Waals surface area contributed by atoms with Crippen LogP contribution in [0.2, 0.25) is 0 Å². The van der Waals surface area contributed by atoms with Crippen LogP contribution in [0, 0.1) is 10.1 Å². The number of hydrogen-bond acceptors (Lipinski definition) is 9. The predicted molar refractivity (Wildman–Crippen MR) is 112 cm³/mol. The minimum absolute atomic E-state index is 0.242. The molecule has 0 spiro atoms. The van der Waals surface area contributed by atoms with Crippen molar-refractivity contribution in [1.82, 2.24) is 4.68 Å². The summed E-state index contributed by atoms with van der Waals surface area (Å²) in [6.45, 7) is 0.914. The van der Waals surface area contributed by atoms with Gasteiger partial charge in [-0.15, -0.1) is 11.3 Å². The van der Waals surface area contributed by atoms with E-state index in [-0.39, 0.29) is 11.6 Å². The third kappa shape index (κ3) is 4.75. The van der Waals surface area contributed by atoms with Crippen LogP contribution >= 0.6 is 11.3 Å². The molecule has 0 saturated heterocycles. The fourth-order valence-electron chi connectivity index (χ4n) is 2.58. The van der Waals surface area contributed by atoms with E-state index in [0.29, 0.717) is 35.1 Å². The van der Waals surface area contributed by atoms with Gasteiger partial charge in [-0.3, -0.25) is 15.1 Å². The zero-order valence-electron chi connectivity index (χ0n) is 16.6. The average molecular weight is 432 g/mol. The lowest BCUT2D eigenvalue weighted by Gasteiger charge is -2.10. The lowest BCUT2D eigenvalue weighted by atomic mass is 10.1. The number of ether oxygens (including phenoxy) is 3. The molecule has 0 N–H and O–H groups in total. The molecule has 2 heterocycles. The van der Waals surface area contributed by atoms with Crippen LogP contribution in [0.1, 0.15) is 5.76 Å². The highest BCUT2D eigenvalue weighted by Crippen LogP contribution is 2.33.